The van der Waals surface area contributed by atoms with Gasteiger partial charge in [-0.05, 0) is 23.8 Å². The second kappa shape index (κ2) is 8.08. The van der Waals surface area contributed by atoms with E-state index in [2.05, 4.69) is 21.6 Å². The molecule has 0 spiro atoms. The smallest absolute Gasteiger partial charge is 0.319 e. The molecule has 1 fully saturated rings. The molecule has 1 aliphatic heterocycles. The predicted octanol–water partition coefficient (Wildman–Crippen LogP) is 3.15. The lowest BCUT2D eigenvalue weighted by Gasteiger charge is -2.27. The molecule has 3 rings (SSSR count). The molecule has 0 bridgehead atoms. The first-order valence-electron chi connectivity index (χ1n) is 7.76. The third-order valence-corrected chi connectivity index (χ3v) is 4.71. The molecule has 0 saturated carbocycles. The van der Waals surface area contributed by atoms with Gasteiger partial charge in [-0.1, -0.05) is 18.2 Å². The summed E-state index contributed by atoms with van der Waals surface area (Å²) in [6, 6.07) is 11.4. The molecule has 1 aromatic carbocycles. The predicted molar refractivity (Wildman–Crippen MR) is 93.6 cm³/mol. The zero-order valence-electron chi connectivity index (χ0n) is 13.0. The number of nitrogens with zero attached hydrogens (tertiary/aromatic N) is 1. The molecule has 23 heavy (non-hydrogen) atoms. The van der Waals surface area contributed by atoms with Crippen molar-refractivity contribution in [3.05, 3.63) is 54.0 Å². The van der Waals surface area contributed by atoms with E-state index in [4.69, 9.17) is 4.42 Å². The Hall–Kier alpha value is -1.92. The highest BCUT2D eigenvalue weighted by molar-refractivity contribution is 7.99. The van der Waals surface area contributed by atoms with Crippen LogP contribution in [0.5, 0.6) is 0 Å². The molecule has 0 radical (unpaired) electrons. The van der Waals surface area contributed by atoms with Crippen molar-refractivity contribution in [3.8, 4) is 0 Å². The molecule has 1 aliphatic rings. The van der Waals surface area contributed by atoms with Gasteiger partial charge in [0, 0.05) is 36.8 Å². The first kappa shape index (κ1) is 16.0. The zero-order chi connectivity index (χ0) is 15.9. The van der Waals surface area contributed by atoms with Crippen LogP contribution in [-0.2, 0) is 13.1 Å². The monoisotopic (exact) mass is 331 g/mol. The average Bonchev–Trinajstić information content (AvgIpc) is 3.09. The van der Waals surface area contributed by atoms with Gasteiger partial charge in [-0.3, -0.25) is 4.90 Å². The summed E-state index contributed by atoms with van der Waals surface area (Å²) in [4.78, 5) is 14.5. The van der Waals surface area contributed by atoms with Crippen LogP contribution < -0.4 is 10.6 Å². The number of rotatable bonds is 5. The first-order valence-corrected chi connectivity index (χ1v) is 8.92. The Bertz CT molecular complexity index is 625. The van der Waals surface area contributed by atoms with Gasteiger partial charge in [0.15, 0.2) is 0 Å². The van der Waals surface area contributed by atoms with Crippen LogP contribution >= 0.6 is 11.8 Å². The van der Waals surface area contributed by atoms with Crippen molar-refractivity contribution < 1.29 is 9.21 Å². The van der Waals surface area contributed by atoms with Crippen LogP contribution in [-0.4, -0.2) is 35.5 Å². The number of furan rings is 1. The average molecular weight is 331 g/mol. The molecular weight excluding hydrogens is 310 g/mol. The van der Waals surface area contributed by atoms with Crippen LogP contribution in [0.1, 0.15) is 11.3 Å². The Labute approximate surface area is 140 Å². The molecule has 2 heterocycles. The second-order valence-corrected chi connectivity index (χ2v) is 6.66. The first-order chi connectivity index (χ1) is 11.3. The minimum atomic E-state index is -0.219. The summed E-state index contributed by atoms with van der Waals surface area (Å²) >= 11 is 2.00. The largest absolute Gasteiger partial charge is 0.467 e. The molecule has 0 unspecified atom stereocenters. The molecule has 0 atom stereocenters. The highest BCUT2D eigenvalue weighted by Crippen LogP contribution is 2.19. The number of thioether (sulfide) groups is 1. The number of hydrogen-bond acceptors (Lipinski definition) is 4. The standard InChI is InChI=1S/C17H21N3O2S/c21-17(18-12-15-5-3-9-22-15)19-16-6-2-1-4-14(16)13-20-7-10-23-11-8-20/h1-6,9H,7-8,10-13H2,(H2,18,19,21). The number of urea groups is 1. The van der Waals surface area contributed by atoms with E-state index in [0.717, 1.165) is 36.6 Å². The normalized spacial score (nSPS) is 15.3. The van der Waals surface area contributed by atoms with Crippen LogP contribution in [0.2, 0.25) is 0 Å². The van der Waals surface area contributed by atoms with Crippen molar-refractivity contribution in [2.75, 3.05) is 29.9 Å². The summed E-state index contributed by atoms with van der Waals surface area (Å²) in [5.41, 5.74) is 2.01. The number of carbonyl (C=O) groups excluding carboxylic acids is 1. The van der Waals surface area contributed by atoms with Crippen molar-refractivity contribution in [3.63, 3.8) is 0 Å². The summed E-state index contributed by atoms with van der Waals surface area (Å²) in [6.45, 7) is 3.45. The van der Waals surface area contributed by atoms with E-state index in [1.807, 2.05) is 36.0 Å². The summed E-state index contributed by atoms with van der Waals surface area (Å²) in [6.07, 6.45) is 1.60. The molecule has 2 aromatic rings. The lowest BCUT2D eigenvalue weighted by atomic mass is 10.1. The molecule has 1 aromatic heterocycles. The van der Waals surface area contributed by atoms with Gasteiger partial charge < -0.3 is 15.1 Å². The van der Waals surface area contributed by atoms with Crippen molar-refractivity contribution in [2.45, 2.75) is 13.1 Å². The third kappa shape index (κ3) is 4.77. The molecular formula is C17H21N3O2S. The van der Waals surface area contributed by atoms with E-state index in [1.165, 1.54) is 11.5 Å². The van der Waals surface area contributed by atoms with E-state index in [9.17, 15) is 4.79 Å². The van der Waals surface area contributed by atoms with Gasteiger partial charge in [0.2, 0.25) is 0 Å². The summed E-state index contributed by atoms with van der Waals surface area (Å²) < 4.78 is 5.21. The van der Waals surface area contributed by atoms with E-state index < -0.39 is 0 Å². The number of hydrogen-bond donors (Lipinski definition) is 2. The SMILES string of the molecule is O=C(NCc1ccco1)Nc1ccccc1CN1CCSCC1. The summed E-state index contributed by atoms with van der Waals surface area (Å²) in [7, 11) is 0. The van der Waals surface area contributed by atoms with Gasteiger partial charge in [0.1, 0.15) is 5.76 Å². The van der Waals surface area contributed by atoms with Gasteiger partial charge in [0.25, 0.3) is 0 Å². The van der Waals surface area contributed by atoms with E-state index >= 15 is 0 Å². The van der Waals surface area contributed by atoms with Crippen LogP contribution in [0.3, 0.4) is 0 Å². The van der Waals surface area contributed by atoms with Gasteiger partial charge in [0.05, 0.1) is 12.8 Å². The van der Waals surface area contributed by atoms with Crippen molar-refractivity contribution in [1.29, 1.82) is 0 Å². The quantitative estimate of drug-likeness (QED) is 0.884. The second-order valence-electron chi connectivity index (χ2n) is 5.43. The highest BCUT2D eigenvalue weighted by Gasteiger charge is 2.13. The van der Waals surface area contributed by atoms with E-state index in [0.29, 0.717) is 6.54 Å². The maximum atomic E-state index is 12.1. The molecule has 2 amide bonds. The lowest BCUT2D eigenvalue weighted by Crippen LogP contribution is -2.33. The third-order valence-electron chi connectivity index (χ3n) is 3.77. The topological polar surface area (TPSA) is 57.5 Å². The highest BCUT2D eigenvalue weighted by atomic mass is 32.2. The van der Waals surface area contributed by atoms with Crippen molar-refractivity contribution in [1.82, 2.24) is 10.2 Å². The van der Waals surface area contributed by atoms with Crippen LogP contribution in [0.25, 0.3) is 0 Å². The maximum absolute atomic E-state index is 12.1. The Kier molecular flexibility index (Phi) is 5.60. The van der Waals surface area contributed by atoms with E-state index in [1.54, 1.807) is 12.3 Å². The van der Waals surface area contributed by atoms with Crippen LogP contribution in [0, 0.1) is 0 Å². The summed E-state index contributed by atoms with van der Waals surface area (Å²) in [5, 5.41) is 5.74. The van der Waals surface area contributed by atoms with E-state index in [-0.39, 0.29) is 6.03 Å². The summed E-state index contributed by atoms with van der Waals surface area (Å²) in [5.74, 6) is 3.09. The van der Waals surface area contributed by atoms with Gasteiger partial charge in [-0.2, -0.15) is 11.8 Å². The fourth-order valence-corrected chi connectivity index (χ4v) is 3.51. The lowest BCUT2D eigenvalue weighted by molar-refractivity contribution is 0.250. The zero-order valence-corrected chi connectivity index (χ0v) is 13.8. The Morgan fingerprint density at radius 3 is 2.78 bits per heavy atom. The number of carbonyl (C=O) groups is 1. The fraction of sp³-hybridized carbons (Fsp3) is 0.353. The molecule has 5 nitrogen and oxygen atoms in total. The molecule has 2 N–H and O–H groups in total. The van der Waals surface area contributed by atoms with Gasteiger partial charge >= 0.3 is 6.03 Å². The molecule has 6 heteroatoms. The maximum Gasteiger partial charge on any atom is 0.319 e. The van der Waals surface area contributed by atoms with Crippen LogP contribution in [0.4, 0.5) is 10.5 Å². The Morgan fingerprint density at radius 1 is 1.17 bits per heavy atom. The molecule has 0 aliphatic carbocycles. The number of anilines is 1. The van der Waals surface area contributed by atoms with Crippen molar-refractivity contribution >= 4 is 23.5 Å². The Morgan fingerprint density at radius 2 is 2.00 bits per heavy atom. The van der Waals surface area contributed by atoms with Crippen LogP contribution in [0.15, 0.2) is 47.1 Å². The Balaban J connectivity index is 1.57. The molecule has 1 saturated heterocycles. The minimum Gasteiger partial charge on any atom is -0.467 e. The number of nitrogens with one attached hydrogen (secondary N) is 2. The minimum absolute atomic E-state index is 0.219. The number of para-hydroxylation sites is 1. The molecule has 122 valence electrons. The van der Waals surface area contributed by atoms with Gasteiger partial charge in [-0.25, -0.2) is 4.79 Å². The number of benzene rings is 1. The fourth-order valence-electron chi connectivity index (χ4n) is 2.53. The number of amides is 2. The van der Waals surface area contributed by atoms with Crippen molar-refractivity contribution in [2.24, 2.45) is 0 Å². The van der Waals surface area contributed by atoms with Gasteiger partial charge in [-0.15, -0.1) is 0 Å².